The molecule has 25 heavy (non-hydrogen) atoms. The smallest absolute Gasteiger partial charge is 0.261 e. The van der Waals surface area contributed by atoms with Crippen molar-refractivity contribution in [2.45, 2.75) is 24.7 Å². The molecular formula is C18H21FN2O3S. The van der Waals surface area contributed by atoms with Crippen LogP contribution in [0.5, 0.6) is 0 Å². The molecule has 1 N–H and O–H groups in total. The molecule has 0 heterocycles. The molecule has 0 unspecified atom stereocenters. The van der Waals surface area contributed by atoms with E-state index in [1.165, 1.54) is 36.4 Å². The lowest BCUT2D eigenvalue weighted by atomic mass is 10.2. The van der Waals surface area contributed by atoms with E-state index in [9.17, 15) is 17.6 Å². The number of rotatable bonds is 7. The van der Waals surface area contributed by atoms with Crippen LogP contribution in [0.4, 0.5) is 10.1 Å². The van der Waals surface area contributed by atoms with E-state index in [2.05, 4.69) is 4.72 Å². The van der Waals surface area contributed by atoms with E-state index >= 15 is 0 Å². The van der Waals surface area contributed by atoms with Crippen LogP contribution >= 0.6 is 0 Å². The zero-order valence-electron chi connectivity index (χ0n) is 14.2. The third-order valence-electron chi connectivity index (χ3n) is 3.66. The van der Waals surface area contributed by atoms with Gasteiger partial charge in [-0.05, 0) is 42.8 Å². The molecule has 0 bridgehead atoms. The SMILES string of the molecule is CCCCN(C)C(=O)c1cccc(S(=O)(=O)Nc2cccc(F)c2)c1. The first-order valence-electron chi connectivity index (χ1n) is 7.97. The molecule has 0 saturated heterocycles. The molecule has 0 aliphatic carbocycles. The van der Waals surface area contributed by atoms with Gasteiger partial charge in [-0.25, -0.2) is 12.8 Å². The van der Waals surface area contributed by atoms with Crippen molar-refractivity contribution in [3.05, 3.63) is 59.9 Å². The number of halogens is 1. The van der Waals surface area contributed by atoms with Gasteiger partial charge in [0.15, 0.2) is 0 Å². The van der Waals surface area contributed by atoms with Crippen LogP contribution in [0, 0.1) is 5.82 Å². The van der Waals surface area contributed by atoms with Gasteiger partial charge in [0, 0.05) is 19.2 Å². The van der Waals surface area contributed by atoms with E-state index < -0.39 is 15.8 Å². The molecule has 0 atom stereocenters. The number of nitrogens with one attached hydrogen (secondary N) is 1. The van der Waals surface area contributed by atoms with Gasteiger partial charge in [-0.2, -0.15) is 0 Å². The number of unbranched alkanes of at least 4 members (excludes halogenated alkanes) is 1. The molecule has 2 aromatic rings. The molecule has 0 radical (unpaired) electrons. The maximum absolute atomic E-state index is 13.2. The zero-order chi connectivity index (χ0) is 18.4. The summed E-state index contributed by atoms with van der Waals surface area (Å²) in [5.41, 5.74) is 0.414. The highest BCUT2D eigenvalue weighted by Crippen LogP contribution is 2.18. The summed E-state index contributed by atoms with van der Waals surface area (Å²) in [4.78, 5) is 13.9. The lowest BCUT2D eigenvalue weighted by Crippen LogP contribution is -2.28. The summed E-state index contributed by atoms with van der Waals surface area (Å²) in [5.74, 6) is -0.780. The van der Waals surface area contributed by atoms with Gasteiger partial charge in [0.1, 0.15) is 5.82 Å². The van der Waals surface area contributed by atoms with Gasteiger partial charge >= 0.3 is 0 Å². The van der Waals surface area contributed by atoms with Gasteiger partial charge in [-0.3, -0.25) is 9.52 Å². The number of benzene rings is 2. The Morgan fingerprint density at radius 1 is 1.16 bits per heavy atom. The molecule has 0 aliphatic rings. The quantitative estimate of drug-likeness (QED) is 0.818. The van der Waals surface area contributed by atoms with Gasteiger partial charge in [-0.1, -0.05) is 25.5 Å². The van der Waals surface area contributed by atoms with Crippen LogP contribution in [-0.2, 0) is 10.0 Å². The van der Waals surface area contributed by atoms with Crippen molar-refractivity contribution in [1.29, 1.82) is 0 Å². The van der Waals surface area contributed by atoms with Gasteiger partial charge < -0.3 is 4.90 Å². The number of hydrogen-bond acceptors (Lipinski definition) is 3. The summed E-state index contributed by atoms with van der Waals surface area (Å²) in [6.45, 7) is 2.64. The predicted molar refractivity (Wildman–Crippen MR) is 95.5 cm³/mol. The van der Waals surface area contributed by atoms with Crippen molar-refractivity contribution in [3.63, 3.8) is 0 Å². The number of nitrogens with zero attached hydrogens (tertiary/aromatic N) is 1. The van der Waals surface area contributed by atoms with Crippen LogP contribution in [-0.4, -0.2) is 32.8 Å². The van der Waals surface area contributed by atoms with Crippen molar-refractivity contribution in [3.8, 4) is 0 Å². The van der Waals surface area contributed by atoms with Crippen LogP contribution in [0.2, 0.25) is 0 Å². The standard InChI is InChI=1S/C18H21FN2O3S/c1-3-4-11-21(2)18(22)14-7-5-10-17(12-14)25(23,24)20-16-9-6-8-15(19)13-16/h5-10,12-13,20H,3-4,11H2,1-2H3. The number of hydrogen-bond donors (Lipinski definition) is 1. The maximum Gasteiger partial charge on any atom is 0.261 e. The van der Waals surface area contributed by atoms with Gasteiger partial charge in [0.25, 0.3) is 15.9 Å². The Hall–Kier alpha value is -2.41. The minimum Gasteiger partial charge on any atom is -0.342 e. The fraction of sp³-hybridized carbons (Fsp3) is 0.278. The molecule has 2 aromatic carbocycles. The fourth-order valence-electron chi connectivity index (χ4n) is 2.28. The molecule has 7 heteroatoms. The summed E-state index contributed by atoms with van der Waals surface area (Å²) in [6.07, 6.45) is 1.84. The highest BCUT2D eigenvalue weighted by Gasteiger charge is 2.18. The highest BCUT2D eigenvalue weighted by molar-refractivity contribution is 7.92. The van der Waals surface area contributed by atoms with Gasteiger partial charge in [-0.15, -0.1) is 0 Å². The normalized spacial score (nSPS) is 11.2. The van der Waals surface area contributed by atoms with E-state index in [0.29, 0.717) is 12.1 Å². The molecule has 134 valence electrons. The highest BCUT2D eigenvalue weighted by atomic mass is 32.2. The Balaban J connectivity index is 2.23. The largest absolute Gasteiger partial charge is 0.342 e. The summed E-state index contributed by atoms with van der Waals surface area (Å²) < 4.78 is 40.5. The molecule has 0 fully saturated rings. The van der Waals surface area contributed by atoms with Crippen LogP contribution in [0.3, 0.4) is 0 Å². The van der Waals surface area contributed by atoms with Crippen LogP contribution in [0.15, 0.2) is 53.4 Å². The maximum atomic E-state index is 13.2. The van der Waals surface area contributed by atoms with Crippen LogP contribution < -0.4 is 4.72 Å². The van der Waals surface area contributed by atoms with Crippen LogP contribution in [0.1, 0.15) is 30.1 Å². The molecule has 0 saturated carbocycles. The minimum atomic E-state index is -3.92. The van der Waals surface area contributed by atoms with Crippen molar-refractivity contribution in [2.24, 2.45) is 0 Å². The first-order valence-corrected chi connectivity index (χ1v) is 9.45. The zero-order valence-corrected chi connectivity index (χ0v) is 15.0. The van der Waals surface area contributed by atoms with E-state index in [4.69, 9.17) is 0 Å². The van der Waals surface area contributed by atoms with Gasteiger partial charge in [0.05, 0.1) is 10.6 Å². The number of amides is 1. The van der Waals surface area contributed by atoms with E-state index in [1.807, 2.05) is 6.92 Å². The second-order valence-corrected chi connectivity index (χ2v) is 7.41. The van der Waals surface area contributed by atoms with Crippen molar-refractivity contribution >= 4 is 21.6 Å². The van der Waals surface area contributed by atoms with Gasteiger partial charge in [0.2, 0.25) is 0 Å². The molecule has 0 aliphatic heterocycles. The monoisotopic (exact) mass is 364 g/mol. The first kappa shape index (κ1) is 18.9. The Morgan fingerprint density at radius 2 is 1.88 bits per heavy atom. The third-order valence-corrected chi connectivity index (χ3v) is 5.04. The Kier molecular flexibility index (Phi) is 6.14. The fourth-order valence-corrected chi connectivity index (χ4v) is 3.37. The summed E-state index contributed by atoms with van der Waals surface area (Å²) in [5, 5.41) is 0. The Morgan fingerprint density at radius 3 is 2.56 bits per heavy atom. The summed E-state index contributed by atoms with van der Waals surface area (Å²) >= 11 is 0. The van der Waals surface area contributed by atoms with E-state index in [-0.39, 0.29) is 16.5 Å². The number of carbonyl (C=O) groups is 1. The lowest BCUT2D eigenvalue weighted by molar-refractivity contribution is 0.0793. The average molecular weight is 364 g/mol. The third kappa shape index (κ3) is 5.03. The van der Waals surface area contributed by atoms with E-state index in [0.717, 1.165) is 18.9 Å². The van der Waals surface area contributed by atoms with Crippen LogP contribution in [0.25, 0.3) is 0 Å². The number of sulfonamides is 1. The molecule has 5 nitrogen and oxygen atoms in total. The second-order valence-electron chi connectivity index (χ2n) is 5.72. The molecule has 2 rings (SSSR count). The first-order chi connectivity index (χ1) is 11.8. The molecule has 0 spiro atoms. The van der Waals surface area contributed by atoms with Crippen molar-refractivity contribution < 1.29 is 17.6 Å². The molecule has 1 amide bonds. The second kappa shape index (κ2) is 8.11. The Bertz CT molecular complexity index is 853. The Labute approximate surface area is 147 Å². The topological polar surface area (TPSA) is 66.5 Å². The average Bonchev–Trinajstić information content (AvgIpc) is 2.58. The van der Waals surface area contributed by atoms with E-state index in [1.54, 1.807) is 18.0 Å². The number of anilines is 1. The lowest BCUT2D eigenvalue weighted by Gasteiger charge is -2.17. The summed E-state index contributed by atoms with van der Waals surface area (Å²) in [7, 11) is -2.23. The number of carbonyl (C=O) groups excluding carboxylic acids is 1. The minimum absolute atomic E-state index is 0.0495. The predicted octanol–water partition coefficient (Wildman–Crippen LogP) is 3.50. The molecular weight excluding hydrogens is 343 g/mol. The molecule has 0 aromatic heterocycles. The summed E-state index contributed by atoms with van der Waals surface area (Å²) in [6, 6.07) is 11.0. The van der Waals surface area contributed by atoms with Crippen molar-refractivity contribution in [1.82, 2.24) is 4.90 Å². The van der Waals surface area contributed by atoms with Crippen molar-refractivity contribution in [2.75, 3.05) is 18.3 Å².